The Hall–Kier alpha value is -2.44. The van der Waals surface area contributed by atoms with Crippen LogP contribution in [0.1, 0.15) is 31.0 Å². The quantitative estimate of drug-likeness (QED) is 0.781. The van der Waals surface area contributed by atoms with Crippen molar-refractivity contribution in [2.45, 2.75) is 31.6 Å². The minimum atomic E-state index is -0.0190. The molecule has 0 bridgehead atoms. The molecule has 3 aromatic heterocycles. The SMILES string of the molecule is Cc1noc([C@]23CCC[C@H]2CN(c2ncnc4[nH]ccc24)C3)n1. The largest absolute Gasteiger partial charge is 0.355 e. The maximum Gasteiger partial charge on any atom is 0.234 e. The number of H-pyrrole nitrogens is 1. The van der Waals surface area contributed by atoms with Crippen LogP contribution in [-0.2, 0) is 5.41 Å². The molecule has 3 aromatic rings. The summed E-state index contributed by atoms with van der Waals surface area (Å²) in [4.78, 5) is 18.9. The number of rotatable bonds is 2. The number of hydrogen-bond donors (Lipinski definition) is 1. The van der Waals surface area contributed by atoms with E-state index >= 15 is 0 Å². The van der Waals surface area contributed by atoms with Crippen LogP contribution >= 0.6 is 0 Å². The van der Waals surface area contributed by atoms with Crippen LogP contribution in [0.5, 0.6) is 0 Å². The van der Waals surface area contributed by atoms with Gasteiger partial charge in [0.25, 0.3) is 0 Å². The number of nitrogens with one attached hydrogen (secondary N) is 1. The van der Waals surface area contributed by atoms with Gasteiger partial charge < -0.3 is 14.4 Å². The molecule has 5 rings (SSSR count). The summed E-state index contributed by atoms with van der Waals surface area (Å²) in [5.74, 6) is 3.07. The maximum atomic E-state index is 5.58. The highest BCUT2D eigenvalue weighted by atomic mass is 16.5. The predicted molar refractivity (Wildman–Crippen MR) is 84.2 cm³/mol. The van der Waals surface area contributed by atoms with E-state index in [2.05, 4.69) is 30.0 Å². The molecule has 1 saturated heterocycles. The molecule has 7 nitrogen and oxygen atoms in total. The smallest absolute Gasteiger partial charge is 0.234 e. The molecule has 0 radical (unpaired) electrons. The van der Waals surface area contributed by atoms with Gasteiger partial charge in [0, 0.05) is 19.3 Å². The fraction of sp³-hybridized carbons (Fsp3) is 0.500. The zero-order chi connectivity index (χ0) is 15.4. The fourth-order valence-electron chi connectivity index (χ4n) is 4.41. The normalized spacial score (nSPS) is 27.0. The first-order valence-corrected chi connectivity index (χ1v) is 8.10. The van der Waals surface area contributed by atoms with Crippen LogP contribution in [-0.4, -0.2) is 38.2 Å². The van der Waals surface area contributed by atoms with Crippen molar-refractivity contribution in [3.05, 3.63) is 30.3 Å². The van der Waals surface area contributed by atoms with Gasteiger partial charge >= 0.3 is 0 Å². The van der Waals surface area contributed by atoms with Gasteiger partial charge in [0.2, 0.25) is 5.89 Å². The van der Waals surface area contributed by atoms with Crippen LogP contribution in [0.25, 0.3) is 11.0 Å². The molecule has 7 heteroatoms. The van der Waals surface area contributed by atoms with Crippen molar-refractivity contribution < 1.29 is 4.52 Å². The van der Waals surface area contributed by atoms with Gasteiger partial charge in [-0.15, -0.1) is 0 Å². The van der Waals surface area contributed by atoms with E-state index in [0.717, 1.165) is 42.3 Å². The molecule has 0 amide bonds. The third-order valence-electron chi connectivity index (χ3n) is 5.46. The first-order chi connectivity index (χ1) is 11.3. The molecule has 2 fully saturated rings. The lowest BCUT2D eigenvalue weighted by Gasteiger charge is -2.24. The monoisotopic (exact) mass is 310 g/mol. The second-order valence-corrected chi connectivity index (χ2v) is 6.71. The van der Waals surface area contributed by atoms with E-state index in [1.165, 1.54) is 12.8 Å². The Morgan fingerprint density at radius 2 is 2.35 bits per heavy atom. The van der Waals surface area contributed by atoms with Crippen molar-refractivity contribution in [2.24, 2.45) is 5.92 Å². The van der Waals surface area contributed by atoms with Crippen LogP contribution in [0, 0.1) is 12.8 Å². The molecule has 1 aliphatic heterocycles. The van der Waals surface area contributed by atoms with E-state index in [1.807, 2.05) is 19.2 Å². The molecule has 1 aliphatic carbocycles. The highest BCUT2D eigenvalue weighted by Crippen LogP contribution is 2.51. The number of nitrogens with zero attached hydrogens (tertiary/aromatic N) is 5. The Labute approximate surface area is 133 Å². The second-order valence-electron chi connectivity index (χ2n) is 6.71. The van der Waals surface area contributed by atoms with E-state index in [0.29, 0.717) is 11.7 Å². The fourth-order valence-corrected chi connectivity index (χ4v) is 4.41. The Balaban J connectivity index is 1.57. The summed E-state index contributed by atoms with van der Waals surface area (Å²) in [6.45, 7) is 3.75. The average Bonchev–Trinajstić information content (AvgIpc) is 3.28. The average molecular weight is 310 g/mol. The van der Waals surface area contributed by atoms with E-state index in [4.69, 9.17) is 4.52 Å². The minimum absolute atomic E-state index is 0.0190. The van der Waals surface area contributed by atoms with Crippen LogP contribution in [0.15, 0.2) is 23.1 Å². The Bertz CT molecular complexity index is 870. The molecule has 1 N–H and O–H groups in total. The van der Waals surface area contributed by atoms with Crippen LogP contribution in [0.4, 0.5) is 5.82 Å². The van der Waals surface area contributed by atoms with E-state index in [-0.39, 0.29) is 5.41 Å². The third kappa shape index (κ3) is 1.76. The van der Waals surface area contributed by atoms with Gasteiger partial charge in [-0.1, -0.05) is 11.6 Å². The second kappa shape index (κ2) is 4.53. The lowest BCUT2D eigenvalue weighted by atomic mass is 9.80. The number of anilines is 1. The summed E-state index contributed by atoms with van der Waals surface area (Å²) in [6.07, 6.45) is 7.09. The number of aryl methyl sites for hydroxylation is 1. The third-order valence-corrected chi connectivity index (χ3v) is 5.46. The van der Waals surface area contributed by atoms with Crippen molar-refractivity contribution in [1.82, 2.24) is 25.1 Å². The highest BCUT2D eigenvalue weighted by Gasteiger charge is 2.54. The lowest BCUT2D eigenvalue weighted by molar-refractivity contribution is 0.265. The minimum Gasteiger partial charge on any atom is -0.355 e. The van der Waals surface area contributed by atoms with Crippen molar-refractivity contribution in [1.29, 1.82) is 0 Å². The van der Waals surface area contributed by atoms with E-state index in [9.17, 15) is 0 Å². The van der Waals surface area contributed by atoms with Gasteiger partial charge in [0.15, 0.2) is 5.82 Å². The summed E-state index contributed by atoms with van der Waals surface area (Å²) in [7, 11) is 0. The molecule has 4 heterocycles. The van der Waals surface area contributed by atoms with Crippen molar-refractivity contribution in [3.63, 3.8) is 0 Å². The molecular weight excluding hydrogens is 292 g/mol. The first-order valence-electron chi connectivity index (χ1n) is 8.10. The number of aromatic amines is 1. The Morgan fingerprint density at radius 3 is 3.22 bits per heavy atom. The summed E-state index contributed by atoms with van der Waals surface area (Å²) >= 11 is 0. The molecule has 1 saturated carbocycles. The lowest BCUT2D eigenvalue weighted by Crippen LogP contribution is -2.32. The standard InChI is InChI=1S/C16H18N6O/c1-10-20-15(23-21-10)16-5-2-3-11(16)7-22(8-16)14-12-4-6-17-13(12)18-9-19-14/h4,6,9,11H,2-3,5,7-8H2,1H3,(H,17,18,19)/t11-,16-/m0/s1. The Kier molecular flexibility index (Phi) is 2.57. The topological polar surface area (TPSA) is 83.7 Å². The zero-order valence-corrected chi connectivity index (χ0v) is 13.0. The van der Waals surface area contributed by atoms with Crippen molar-refractivity contribution in [3.8, 4) is 0 Å². The molecule has 0 spiro atoms. The van der Waals surface area contributed by atoms with Gasteiger partial charge in [-0.05, 0) is 31.7 Å². The summed E-state index contributed by atoms with van der Waals surface area (Å²) in [5.41, 5.74) is 0.865. The Morgan fingerprint density at radius 1 is 1.39 bits per heavy atom. The predicted octanol–water partition coefficient (Wildman–Crippen LogP) is 2.21. The number of fused-ring (bicyclic) bond motifs is 2. The van der Waals surface area contributed by atoms with Gasteiger partial charge in [-0.2, -0.15) is 4.98 Å². The van der Waals surface area contributed by atoms with Gasteiger partial charge in [-0.25, -0.2) is 9.97 Å². The van der Waals surface area contributed by atoms with Gasteiger partial charge in [0.05, 0.1) is 10.8 Å². The molecule has 2 aliphatic rings. The zero-order valence-electron chi connectivity index (χ0n) is 13.0. The van der Waals surface area contributed by atoms with Crippen molar-refractivity contribution >= 4 is 16.9 Å². The summed E-state index contributed by atoms with van der Waals surface area (Å²) < 4.78 is 5.58. The molecule has 23 heavy (non-hydrogen) atoms. The van der Waals surface area contributed by atoms with E-state index in [1.54, 1.807) is 6.33 Å². The number of hydrogen-bond acceptors (Lipinski definition) is 6. The first kappa shape index (κ1) is 13.0. The van der Waals surface area contributed by atoms with E-state index < -0.39 is 0 Å². The van der Waals surface area contributed by atoms with Gasteiger partial charge in [-0.3, -0.25) is 0 Å². The molecular formula is C16H18N6O. The van der Waals surface area contributed by atoms with Crippen LogP contribution in [0.2, 0.25) is 0 Å². The molecule has 2 atom stereocenters. The number of aromatic nitrogens is 5. The summed E-state index contributed by atoms with van der Waals surface area (Å²) in [5, 5.41) is 5.09. The van der Waals surface area contributed by atoms with Crippen molar-refractivity contribution in [2.75, 3.05) is 18.0 Å². The maximum absolute atomic E-state index is 5.58. The molecule has 118 valence electrons. The molecule has 0 aromatic carbocycles. The van der Waals surface area contributed by atoms with Gasteiger partial charge in [0.1, 0.15) is 17.8 Å². The van der Waals surface area contributed by atoms with Crippen LogP contribution < -0.4 is 4.90 Å². The summed E-state index contributed by atoms with van der Waals surface area (Å²) in [6, 6.07) is 2.04. The molecule has 0 unspecified atom stereocenters. The van der Waals surface area contributed by atoms with Crippen LogP contribution in [0.3, 0.4) is 0 Å². The highest BCUT2D eigenvalue weighted by molar-refractivity contribution is 5.87.